The van der Waals surface area contributed by atoms with Gasteiger partial charge in [-0.25, -0.2) is 22.0 Å². The molecule has 6 atom stereocenters. The summed E-state index contributed by atoms with van der Waals surface area (Å²) >= 11 is 0. The molecule has 0 aromatic carbocycles. The standard InChI is InChI=1S/C25H38F7NO.C2H6/c1-13-2-7-22(34-12-13)15-5-3-14(4-6-15)16-8-18(26)23(19(27)9-16)25(31,32)33-17-10-20(28)24(30)21(29)11-17;1-2/h13-24,33H,2-12H2,1H3;1-2H3. The summed E-state index contributed by atoms with van der Waals surface area (Å²) in [6, 6.07) is -5.34. The normalized spacial score (nSPS) is 46.5. The van der Waals surface area contributed by atoms with Crippen molar-refractivity contribution in [2.75, 3.05) is 6.61 Å². The minimum absolute atomic E-state index is 0.109. The largest absolute Gasteiger partial charge is 0.378 e. The molecule has 4 rings (SSSR count). The Morgan fingerprint density at radius 1 is 0.667 bits per heavy atom. The van der Waals surface area contributed by atoms with E-state index in [1.165, 1.54) is 0 Å². The van der Waals surface area contributed by atoms with Gasteiger partial charge < -0.3 is 4.74 Å². The minimum atomic E-state index is -3.97. The van der Waals surface area contributed by atoms with Crippen molar-refractivity contribution in [3.05, 3.63) is 0 Å². The van der Waals surface area contributed by atoms with Crippen LogP contribution >= 0.6 is 0 Å². The lowest BCUT2D eigenvalue weighted by atomic mass is 9.66. The lowest BCUT2D eigenvalue weighted by molar-refractivity contribution is -0.168. The number of alkyl halides is 7. The number of ether oxygens (including phenoxy) is 1. The minimum Gasteiger partial charge on any atom is -0.378 e. The zero-order valence-electron chi connectivity index (χ0n) is 21.8. The first-order valence-corrected chi connectivity index (χ1v) is 14.0. The van der Waals surface area contributed by atoms with E-state index in [9.17, 15) is 30.7 Å². The van der Waals surface area contributed by atoms with Crippen LogP contribution in [0.3, 0.4) is 0 Å². The summed E-state index contributed by atoms with van der Waals surface area (Å²) < 4.78 is 106. The zero-order valence-corrected chi connectivity index (χ0v) is 21.8. The van der Waals surface area contributed by atoms with Crippen molar-refractivity contribution < 1.29 is 35.5 Å². The van der Waals surface area contributed by atoms with E-state index in [1.807, 2.05) is 13.8 Å². The summed E-state index contributed by atoms with van der Waals surface area (Å²) in [6.07, 6.45) is -6.50. The van der Waals surface area contributed by atoms with Gasteiger partial charge in [-0.1, -0.05) is 20.8 Å². The van der Waals surface area contributed by atoms with Crippen LogP contribution in [0.4, 0.5) is 30.7 Å². The van der Waals surface area contributed by atoms with E-state index < -0.39 is 61.7 Å². The molecule has 0 aromatic rings. The maximum atomic E-state index is 15.0. The summed E-state index contributed by atoms with van der Waals surface area (Å²) in [4.78, 5) is 0. The van der Waals surface area contributed by atoms with E-state index in [0.717, 1.165) is 45.1 Å². The molecule has 0 amide bonds. The smallest absolute Gasteiger partial charge is 0.311 e. The van der Waals surface area contributed by atoms with E-state index in [0.29, 0.717) is 11.8 Å². The molecule has 1 saturated heterocycles. The second kappa shape index (κ2) is 13.0. The first kappa shape index (κ1) is 30.0. The van der Waals surface area contributed by atoms with Gasteiger partial charge in [0, 0.05) is 12.6 Å². The maximum Gasteiger partial charge on any atom is 0.311 e. The Kier molecular flexibility index (Phi) is 10.8. The van der Waals surface area contributed by atoms with Crippen molar-refractivity contribution in [1.29, 1.82) is 0 Å². The molecule has 6 unspecified atom stereocenters. The molecule has 212 valence electrons. The molecule has 3 aliphatic carbocycles. The van der Waals surface area contributed by atoms with Crippen molar-refractivity contribution >= 4 is 0 Å². The predicted molar refractivity (Wildman–Crippen MR) is 127 cm³/mol. The maximum absolute atomic E-state index is 15.0. The van der Waals surface area contributed by atoms with Gasteiger partial charge >= 0.3 is 6.05 Å². The topological polar surface area (TPSA) is 21.3 Å². The van der Waals surface area contributed by atoms with Crippen LogP contribution in [0.25, 0.3) is 0 Å². The summed E-state index contributed by atoms with van der Waals surface area (Å²) in [6.45, 7) is 6.95. The van der Waals surface area contributed by atoms with Crippen LogP contribution < -0.4 is 5.32 Å². The SMILES string of the molecule is CC.CC1CCC(C2CCC(C3CC(F)C(C(F)(F)NC4CC(F)C(F)C(F)C4)C(F)C3)CC2)OC1. The van der Waals surface area contributed by atoms with Gasteiger partial charge in [0.2, 0.25) is 0 Å². The highest BCUT2D eigenvalue weighted by Crippen LogP contribution is 2.48. The van der Waals surface area contributed by atoms with Gasteiger partial charge in [0.1, 0.15) is 24.7 Å². The van der Waals surface area contributed by atoms with Gasteiger partial charge in [-0.05, 0) is 87.9 Å². The van der Waals surface area contributed by atoms with Gasteiger partial charge in [-0.2, -0.15) is 8.78 Å². The third-order valence-corrected chi connectivity index (χ3v) is 8.91. The molecule has 1 heterocycles. The lowest BCUT2D eigenvalue weighted by Crippen LogP contribution is -2.59. The first-order valence-electron chi connectivity index (χ1n) is 14.0. The molecule has 0 spiro atoms. The Morgan fingerprint density at radius 3 is 1.69 bits per heavy atom. The van der Waals surface area contributed by atoms with E-state index >= 15 is 0 Å². The molecule has 4 fully saturated rings. The van der Waals surface area contributed by atoms with E-state index in [4.69, 9.17) is 4.74 Å². The highest BCUT2D eigenvalue weighted by atomic mass is 19.3. The van der Waals surface area contributed by atoms with Gasteiger partial charge in [-0.15, -0.1) is 0 Å². The molecular weight excluding hydrogens is 487 g/mol. The Hall–Kier alpha value is -0.570. The lowest BCUT2D eigenvalue weighted by Gasteiger charge is -2.45. The van der Waals surface area contributed by atoms with Crippen LogP contribution in [0.15, 0.2) is 0 Å². The van der Waals surface area contributed by atoms with Gasteiger partial charge in [0.05, 0.1) is 12.0 Å². The average Bonchev–Trinajstić information content (AvgIpc) is 2.83. The zero-order chi connectivity index (χ0) is 26.6. The Morgan fingerprint density at radius 2 is 1.19 bits per heavy atom. The molecule has 0 radical (unpaired) electrons. The first-order chi connectivity index (χ1) is 17.0. The van der Waals surface area contributed by atoms with Gasteiger partial charge in [0.25, 0.3) is 0 Å². The summed E-state index contributed by atoms with van der Waals surface area (Å²) in [5.41, 5.74) is 0. The third-order valence-electron chi connectivity index (χ3n) is 8.91. The molecule has 9 heteroatoms. The molecule has 2 nitrogen and oxygen atoms in total. The van der Waals surface area contributed by atoms with Crippen molar-refractivity contribution in [2.45, 2.75) is 134 Å². The average molecular weight is 532 g/mol. The fraction of sp³-hybridized carbons (Fsp3) is 1.00. The second-order valence-electron chi connectivity index (χ2n) is 11.4. The van der Waals surface area contributed by atoms with Crippen LogP contribution in [-0.2, 0) is 4.74 Å². The van der Waals surface area contributed by atoms with Crippen LogP contribution in [0, 0.1) is 29.6 Å². The third kappa shape index (κ3) is 7.09. The number of hydrogen-bond donors (Lipinski definition) is 1. The molecule has 1 aliphatic heterocycles. The molecule has 1 N–H and O–H groups in total. The molecule has 0 aromatic heterocycles. The second-order valence-corrected chi connectivity index (χ2v) is 11.4. The quantitative estimate of drug-likeness (QED) is 0.290. The van der Waals surface area contributed by atoms with Crippen LogP contribution in [0.5, 0.6) is 0 Å². The van der Waals surface area contributed by atoms with Crippen molar-refractivity contribution in [2.24, 2.45) is 29.6 Å². The Labute approximate surface area is 211 Å². The molecule has 3 saturated carbocycles. The number of rotatable bonds is 5. The van der Waals surface area contributed by atoms with Crippen LogP contribution in [0.2, 0.25) is 0 Å². The van der Waals surface area contributed by atoms with Gasteiger partial charge in [0.15, 0.2) is 6.17 Å². The van der Waals surface area contributed by atoms with E-state index in [1.54, 1.807) is 5.32 Å². The molecule has 0 bridgehead atoms. The molecule has 4 aliphatic rings. The fourth-order valence-corrected chi connectivity index (χ4v) is 6.91. The Bertz CT molecular complexity index is 630. The monoisotopic (exact) mass is 531 g/mol. The van der Waals surface area contributed by atoms with Gasteiger partial charge in [-0.3, -0.25) is 5.32 Å². The molecule has 36 heavy (non-hydrogen) atoms. The van der Waals surface area contributed by atoms with Crippen LogP contribution in [-0.4, -0.2) is 55.7 Å². The molecular formula is C27H44F7NO. The summed E-state index contributed by atoms with van der Waals surface area (Å²) in [5.74, 6) is -1.37. The Balaban J connectivity index is 0.00000176. The number of hydrogen-bond acceptors (Lipinski definition) is 2. The number of halogens is 7. The van der Waals surface area contributed by atoms with Crippen molar-refractivity contribution in [3.63, 3.8) is 0 Å². The fourth-order valence-electron chi connectivity index (χ4n) is 6.91. The summed E-state index contributed by atoms with van der Waals surface area (Å²) in [7, 11) is 0. The number of nitrogens with one attached hydrogen (secondary N) is 1. The highest BCUT2D eigenvalue weighted by molar-refractivity contribution is 4.99. The van der Waals surface area contributed by atoms with E-state index in [2.05, 4.69) is 6.92 Å². The van der Waals surface area contributed by atoms with Crippen molar-refractivity contribution in [1.82, 2.24) is 5.32 Å². The summed E-state index contributed by atoms with van der Waals surface area (Å²) in [5, 5.41) is 1.77. The van der Waals surface area contributed by atoms with E-state index in [-0.39, 0.29) is 30.8 Å². The predicted octanol–water partition coefficient (Wildman–Crippen LogP) is 7.70. The van der Waals surface area contributed by atoms with Crippen LogP contribution in [0.1, 0.15) is 85.0 Å². The highest BCUT2D eigenvalue weighted by Gasteiger charge is 2.55. The van der Waals surface area contributed by atoms with Crippen molar-refractivity contribution in [3.8, 4) is 0 Å².